The fraction of sp³-hybridized carbons (Fsp3) is 0.450. The molecule has 132 valence electrons. The summed E-state index contributed by atoms with van der Waals surface area (Å²) in [6.45, 7) is 8.91. The highest BCUT2D eigenvalue weighted by Crippen LogP contribution is 2.33. The van der Waals surface area contributed by atoms with Gasteiger partial charge in [-0.1, -0.05) is 25.4 Å². The Hall–Kier alpha value is -1.78. The highest BCUT2D eigenvalue weighted by Gasteiger charge is 2.25. The van der Waals surface area contributed by atoms with E-state index in [9.17, 15) is 0 Å². The molecular weight excluding hydrogens is 332 g/mol. The van der Waals surface area contributed by atoms with Crippen LogP contribution in [-0.2, 0) is 0 Å². The number of fused-ring (bicyclic) bond motifs is 3. The van der Waals surface area contributed by atoms with Crippen LogP contribution >= 0.6 is 11.6 Å². The quantitative estimate of drug-likeness (QED) is 0.737. The fourth-order valence-electron chi connectivity index (χ4n) is 4.20. The largest absolute Gasteiger partial charge is 0.355 e. The second-order valence-electron chi connectivity index (χ2n) is 6.81. The number of halogens is 1. The summed E-state index contributed by atoms with van der Waals surface area (Å²) in [4.78, 5) is 13.3. The van der Waals surface area contributed by atoms with Gasteiger partial charge in [0.2, 0.25) is 0 Å². The molecule has 1 N–H and O–H groups in total. The number of nitrogens with zero attached hydrogens (tertiary/aromatic N) is 3. The maximum absolute atomic E-state index is 6.19. The maximum atomic E-state index is 6.19. The summed E-state index contributed by atoms with van der Waals surface area (Å²) >= 11 is 6.19. The minimum Gasteiger partial charge on any atom is -0.355 e. The predicted molar refractivity (Wildman–Crippen MR) is 107 cm³/mol. The highest BCUT2D eigenvalue weighted by atomic mass is 35.5. The molecule has 0 bridgehead atoms. The van der Waals surface area contributed by atoms with Crippen molar-refractivity contribution in [1.29, 1.82) is 0 Å². The van der Waals surface area contributed by atoms with Crippen LogP contribution in [0.25, 0.3) is 21.8 Å². The van der Waals surface area contributed by atoms with Gasteiger partial charge < -0.3 is 14.8 Å². The molecule has 0 saturated carbocycles. The normalized spacial score (nSPS) is 16.4. The number of anilines is 1. The number of hydrogen-bond acceptors (Lipinski definition) is 3. The molecule has 0 unspecified atom stereocenters. The van der Waals surface area contributed by atoms with Crippen LogP contribution < -0.4 is 4.90 Å². The summed E-state index contributed by atoms with van der Waals surface area (Å²) in [5, 5.41) is 3.14. The van der Waals surface area contributed by atoms with Crippen LogP contribution in [-0.4, -0.2) is 47.1 Å². The number of benzene rings is 1. The van der Waals surface area contributed by atoms with Crippen LogP contribution in [0.1, 0.15) is 26.7 Å². The number of H-pyrrole nitrogens is 1. The van der Waals surface area contributed by atoms with Crippen molar-refractivity contribution >= 4 is 39.2 Å². The topological polar surface area (TPSA) is 35.2 Å². The van der Waals surface area contributed by atoms with E-state index in [2.05, 4.69) is 34.7 Å². The number of aromatic amines is 1. The summed E-state index contributed by atoms with van der Waals surface area (Å²) in [7, 11) is 0. The van der Waals surface area contributed by atoms with E-state index in [1.54, 1.807) is 0 Å². The van der Waals surface area contributed by atoms with Gasteiger partial charge in [0, 0.05) is 46.6 Å². The van der Waals surface area contributed by atoms with Gasteiger partial charge in [0.25, 0.3) is 0 Å². The first kappa shape index (κ1) is 16.7. The SMILES string of the molecule is CCN(CC)C1CCN(c2nccc3c2[nH]c2ccc(Cl)cc23)CC1. The number of nitrogens with one attached hydrogen (secondary N) is 1. The minimum atomic E-state index is 0.701. The summed E-state index contributed by atoms with van der Waals surface area (Å²) in [6, 6.07) is 8.80. The van der Waals surface area contributed by atoms with E-state index in [-0.39, 0.29) is 0 Å². The fourth-order valence-corrected chi connectivity index (χ4v) is 4.38. The van der Waals surface area contributed by atoms with E-state index in [0.717, 1.165) is 48.1 Å². The summed E-state index contributed by atoms with van der Waals surface area (Å²) < 4.78 is 0. The van der Waals surface area contributed by atoms with Gasteiger partial charge >= 0.3 is 0 Å². The lowest BCUT2D eigenvalue weighted by molar-refractivity contribution is 0.186. The van der Waals surface area contributed by atoms with Gasteiger partial charge in [-0.3, -0.25) is 0 Å². The molecule has 1 aliphatic rings. The Kier molecular flexibility index (Phi) is 4.57. The molecule has 1 aliphatic heterocycles. The molecule has 3 aromatic rings. The second-order valence-corrected chi connectivity index (χ2v) is 7.25. The van der Waals surface area contributed by atoms with Gasteiger partial charge in [0.15, 0.2) is 5.82 Å². The Balaban J connectivity index is 1.65. The van der Waals surface area contributed by atoms with E-state index >= 15 is 0 Å². The van der Waals surface area contributed by atoms with Crippen molar-refractivity contribution in [2.75, 3.05) is 31.1 Å². The van der Waals surface area contributed by atoms with Crippen molar-refractivity contribution in [1.82, 2.24) is 14.9 Å². The predicted octanol–water partition coefficient (Wildman–Crippen LogP) is 4.68. The molecule has 1 aromatic carbocycles. The molecule has 0 amide bonds. The molecule has 25 heavy (non-hydrogen) atoms. The Morgan fingerprint density at radius 1 is 1.16 bits per heavy atom. The molecule has 0 radical (unpaired) electrons. The molecule has 2 aromatic heterocycles. The summed E-state index contributed by atoms with van der Waals surface area (Å²) in [5.74, 6) is 1.07. The molecule has 0 atom stereocenters. The van der Waals surface area contributed by atoms with Crippen molar-refractivity contribution in [2.24, 2.45) is 0 Å². The van der Waals surface area contributed by atoms with Gasteiger partial charge in [-0.2, -0.15) is 0 Å². The molecule has 1 fully saturated rings. The molecule has 4 nitrogen and oxygen atoms in total. The zero-order valence-corrected chi connectivity index (χ0v) is 15.7. The van der Waals surface area contributed by atoms with Gasteiger partial charge in [0.1, 0.15) is 0 Å². The lowest BCUT2D eigenvalue weighted by Gasteiger charge is -2.38. The minimum absolute atomic E-state index is 0.701. The van der Waals surface area contributed by atoms with Gasteiger partial charge in [-0.05, 0) is 50.2 Å². The van der Waals surface area contributed by atoms with Crippen molar-refractivity contribution in [3.05, 3.63) is 35.5 Å². The maximum Gasteiger partial charge on any atom is 0.152 e. The first-order chi connectivity index (χ1) is 12.2. The monoisotopic (exact) mass is 356 g/mol. The lowest BCUT2D eigenvalue weighted by atomic mass is 10.0. The van der Waals surface area contributed by atoms with Crippen LogP contribution in [0, 0.1) is 0 Å². The van der Waals surface area contributed by atoms with E-state index in [0.29, 0.717) is 6.04 Å². The summed E-state index contributed by atoms with van der Waals surface area (Å²) in [5.41, 5.74) is 2.24. The van der Waals surface area contributed by atoms with E-state index in [4.69, 9.17) is 16.6 Å². The van der Waals surface area contributed by atoms with Gasteiger partial charge in [0.05, 0.1) is 5.52 Å². The van der Waals surface area contributed by atoms with Gasteiger partial charge in [-0.25, -0.2) is 4.98 Å². The average Bonchev–Trinajstić information content (AvgIpc) is 3.01. The number of rotatable bonds is 4. The number of pyridine rings is 1. The third-order valence-electron chi connectivity index (χ3n) is 5.56. The van der Waals surface area contributed by atoms with Crippen LogP contribution in [0.15, 0.2) is 30.5 Å². The zero-order chi connectivity index (χ0) is 17.4. The Morgan fingerprint density at radius 2 is 1.92 bits per heavy atom. The molecule has 5 heteroatoms. The third-order valence-corrected chi connectivity index (χ3v) is 5.79. The Bertz CT molecular complexity index is 876. The van der Waals surface area contributed by atoms with Crippen LogP contribution in [0.4, 0.5) is 5.82 Å². The first-order valence-electron chi connectivity index (χ1n) is 9.26. The molecule has 3 heterocycles. The van der Waals surface area contributed by atoms with E-state index in [1.165, 1.54) is 23.6 Å². The molecular formula is C20H25ClN4. The molecule has 1 saturated heterocycles. The Morgan fingerprint density at radius 3 is 2.64 bits per heavy atom. The standard InChI is InChI=1S/C20H25ClN4/c1-3-24(4-2)15-8-11-25(12-9-15)20-19-16(7-10-22-20)17-13-14(21)5-6-18(17)23-19/h5-7,10,13,15,23H,3-4,8-9,11-12H2,1-2H3. The smallest absolute Gasteiger partial charge is 0.152 e. The van der Waals surface area contributed by atoms with E-state index < -0.39 is 0 Å². The summed E-state index contributed by atoms with van der Waals surface area (Å²) in [6.07, 6.45) is 4.32. The molecule has 0 spiro atoms. The third kappa shape index (κ3) is 2.98. The number of hydrogen-bond donors (Lipinski definition) is 1. The average molecular weight is 357 g/mol. The van der Waals surface area contributed by atoms with Crippen LogP contribution in [0.2, 0.25) is 5.02 Å². The van der Waals surface area contributed by atoms with Gasteiger partial charge in [-0.15, -0.1) is 0 Å². The first-order valence-corrected chi connectivity index (χ1v) is 9.64. The zero-order valence-electron chi connectivity index (χ0n) is 14.9. The van der Waals surface area contributed by atoms with E-state index in [1.807, 2.05) is 24.4 Å². The van der Waals surface area contributed by atoms with Crippen molar-refractivity contribution in [3.8, 4) is 0 Å². The number of aromatic nitrogens is 2. The van der Waals surface area contributed by atoms with Crippen molar-refractivity contribution in [3.63, 3.8) is 0 Å². The highest BCUT2D eigenvalue weighted by molar-refractivity contribution is 6.32. The van der Waals surface area contributed by atoms with Crippen molar-refractivity contribution < 1.29 is 0 Å². The second kappa shape index (κ2) is 6.85. The lowest BCUT2D eigenvalue weighted by Crippen LogP contribution is -2.45. The molecule has 4 rings (SSSR count). The van der Waals surface area contributed by atoms with Crippen molar-refractivity contribution in [2.45, 2.75) is 32.7 Å². The molecule has 0 aliphatic carbocycles. The Labute approximate surface area is 153 Å². The number of piperidine rings is 1. The van der Waals surface area contributed by atoms with Crippen LogP contribution in [0.5, 0.6) is 0 Å². The van der Waals surface area contributed by atoms with Crippen LogP contribution in [0.3, 0.4) is 0 Å².